The summed E-state index contributed by atoms with van der Waals surface area (Å²) >= 11 is 5.81. The minimum Gasteiger partial charge on any atom is -0.369 e. The first-order valence-corrected chi connectivity index (χ1v) is 5.65. The number of anilines is 1. The van der Waals surface area contributed by atoms with Gasteiger partial charge in [0.15, 0.2) is 5.65 Å². The first kappa shape index (κ1) is 11.1. The van der Waals surface area contributed by atoms with E-state index in [4.69, 9.17) is 11.6 Å². The van der Waals surface area contributed by atoms with E-state index in [2.05, 4.69) is 39.3 Å². The molecule has 2 N–H and O–H groups in total. The van der Waals surface area contributed by atoms with Crippen molar-refractivity contribution in [2.24, 2.45) is 5.92 Å². The molecule has 6 heteroatoms. The van der Waals surface area contributed by atoms with E-state index < -0.39 is 0 Å². The van der Waals surface area contributed by atoms with Crippen molar-refractivity contribution in [3.05, 3.63) is 11.5 Å². The minimum atomic E-state index is 0.226. The standard InChI is InChI=1S/C10H14ClN5/c1-6(2)3-4-12-8-7-5-13-16-9(7)15-10(11)14-8/h5-6H,3-4H2,1-2H3,(H2,12,13,14,15,16). The van der Waals surface area contributed by atoms with E-state index in [1.54, 1.807) is 6.20 Å². The van der Waals surface area contributed by atoms with Crippen molar-refractivity contribution in [1.82, 2.24) is 20.2 Å². The maximum Gasteiger partial charge on any atom is 0.226 e. The van der Waals surface area contributed by atoms with Gasteiger partial charge in [0.05, 0.1) is 11.6 Å². The average Bonchev–Trinajstić information content (AvgIpc) is 2.64. The lowest BCUT2D eigenvalue weighted by Crippen LogP contribution is -2.07. The van der Waals surface area contributed by atoms with E-state index in [0.717, 1.165) is 24.2 Å². The van der Waals surface area contributed by atoms with Crippen molar-refractivity contribution in [1.29, 1.82) is 0 Å². The van der Waals surface area contributed by atoms with Gasteiger partial charge in [0.2, 0.25) is 5.28 Å². The van der Waals surface area contributed by atoms with E-state index in [0.29, 0.717) is 11.6 Å². The molecule has 2 aromatic rings. The van der Waals surface area contributed by atoms with Gasteiger partial charge in [-0.3, -0.25) is 5.10 Å². The van der Waals surface area contributed by atoms with Crippen molar-refractivity contribution in [3.63, 3.8) is 0 Å². The molecular formula is C10H14ClN5. The molecule has 0 fully saturated rings. The van der Waals surface area contributed by atoms with Crippen LogP contribution in [-0.4, -0.2) is 26.7 Å². The smallest absolute Gasteiger partial charge is 0.226 e. The van der Waals surface area contributed by atoms with Gasteiger partial charge in [-0.15, -0.1) is 0 Å². The van der Waals surface area contributed by atoms with Crippen LogP contribution in [0.15, 0.2) is 6.20 Å². The van der Waals surface area contributed by atoms with Crippen LogP contribution in [0.2, 0.25) is 5.28 Å². The van der Waals surface area contributed by atoms with E-state index >= 15 is 0 Å². The van der Waals surface area contributed by atoms with Crippen LogP contribution in [0.5, 0.6) is 0 Å². The largest absolute Gasteiger partial charge is 0.369 e. The highest BCUT2D eigenvalue weighted by atomic mass is 35.5. The molecule has 0 aliphatic carbocycles. The molecule has 0 saturated carbocycles. The summed E-state index contributed by atoms with van der Waals surface area (Å²) in [5.41, 5.74) is 0.659. The Bertz CT molecular complexity index is 479. The van der Waals surface area contributed by atoms with Gasteiger partial charge in [-0.25, -0.2) is 0 Å². The van der Waals surface area contributed by atoms with Gasteiger partial charge in [-0.2, -0.15) is 15.1 Å². The molecule has 5 nitrogen and oxygen atoms in total. The average molecular weight is 240 g/mol. The number of fused-ring (bicyclic) bond motifs is 1. The number of rotatable bonds is 4. The molecule has 0 saturated heterocycles. The van der Waals surface area contributed by atoms with Crippen LogP contribution in [0.3, 0.4) is 0 Å². The van der Waals surface area contributed by atoms with Gasteiger partial charge in [-0.1, -0.05) is 13.8 Å². The van der Waals surface area contributed by atoms with Gasteiger partial charge in [0.25, 0.3) is 0 Å². The molecule has 2 rings (SSSR count). The van der Waals surface area contributed by atoms with Gasteiger partial charge in [0.1, 0.15) is 5.82 Å². The molecule has 0 aromatic carbocycles. The van der Waals surface area contributed by atoms with Crippen LogP contribution in [0, 0.1) is 5.92 Å². The maximum absolute atomic E-state index is 5.81. The lowest BCUT2D eigenvalue weighted by atomic mass is 10.1. The lowest BCUT2D eigenvalue weighted by Gasteiger charge is -2.08. The Hall–Kier alpha value is -1.36. The summed E-state index contributed by atoms with van der Waals surface area (Å²) in [4.78, 5) is 8.19. The summed E-state index contributed by atoms with van der Waals surface area (Å²) in [5, 5.41) is 11.0. The fourth-order valence-electron chi connectivity index (χ4n) is 1.42. The summed E-state index contributed by atoms with van der Waals surface area (Å²) < 4.78 is 0. The predicted molar refractivity (Wildman–Crippen MR) is 64.6 cm³/mol. The van der Waals surface area contributed by atoms with Crippen LogP contribution in [0.1, 0.15) is 20.3 Å². The number of hydrogen-bond donors (Lipinski definition) is 2. The molecule has 0 bridgehead atoms. The van der Waals surface area contributed by atoms with Crippen LogP contribution in [0.25, 0.3) is 11.0 Å². The second-order valence-electron chi connectivity index (χ2n) is 4.08. The third kappa shape index (κ3) is 2.41. The zero-order valence-electron chi connectivity index (χ0n) is 9.29. The number of aromatic amines is 1. The highest BCUT2D eigenvalue weighted by Gasteiger charge is 2.07. The summed E-state index contributed by atoms with van der Waals surface area (Å²) in [6.07, 6.45) is 2.78. The van der Waals surface area contributed by atoms with E-state index in [-0.39, 0.29) is 5.28 Å². The molecule has 16 heavy (non-hydrogen) atoms. The fourth-order valence-corrected chi connectivity index (χ4v) is 1.59. The summed E-state index contributed by atoms with van der Waals surface area (Å²) in [5.74, 6) is 1.40. The van der Waals surface area contributed by atoms with Crippen LogP contribution in [0.4, 0.5) is 5.82 Å². The number of nitrogens with zero attached hydrogens (tertiary/aromatic N) is 3. The highest BCUT2D eigenvalue weighted by Crippen LogP contribution is 2.19. The molecular weight excluding hydrogens is 226 g/mol. The van der Waals surface area contributed by atoms with Gasteiger partial charge in [0, 0.05) is 6.54 Å². The topological polar surface area (TPSA) is 66.5 Å². The Balaban J connectivity index is 2.19. The van der Waals surface area contributed by atoms with Crippen molar-refractivity contribution in [2.75, 3.05) is 11.9 Å². The molecule has 0 atom stereocenters. The van der Waals surface area contributed by atoms with Crippen molar-refractivity contribution in [3.8, 4) is 0 Å². The summed E-state index contributed by atoms with van der Waals surface area (Å²) in [6, 6.07) is 0. The molecule has 0 amide bonds. The molecule has 0 radical (unpaired) electrons. The SMILES string of the molecule is CC(C)CCNc1nc(Cl)nc2[nH]ncc12. The molecule has 0 spiro atoms. The second kappa shape index (κ2) is 4.65. The number of hydrogen-bond acceptors (Lipinski definition) is 4. The van der Waals surface area contributed by atoms with Crippen LogP contribution < -0.4 is 5.32 Å². The van der Waals surface area contributed by atoms with Crippen LogP contribution in [-0.2, 0) is 0 Å². The number of halogens is 1. The third-order valence-corrected chi connectivity index (χ3v) is 2.47. The number of aromatic nitrogens is 4. The summed E-state index contributed by atoms with van der Waals surface area (Å²) in [6.45, 7) is 5.23. The predicted octanol–water partition coefficient (Wildman–Crippen LogP) is 2.46. The zero-order valence-corrected chi connectivity index (χ0v) is 10.0. The third-order valence-electron chi connectivity index (χ3n) is 2.30. The van der Waals surface area contributed by atoms with Gasteiger partial charge >= 0.3 is 0 Å². The molecule has 2 aromatic heterocycles. The molecule has 0 aliphatic rings. The van der Waals surface area contributed by atoms with E-state index in [9.17, 15) is 0 Å². The monoisotopic (exact) mass is 239 g/mol. The normalized spacial score (nSPS) is 11.2. The minimum absolute atomic E-state index is 0.226. The highest BCUT2D eigenvalue weighted by molar-refractivity contribution is 6.28. The van der Waals surface area contributed by atoms with Gasteiger partial charge < -0.3 is 5.32 Å². The Morgan fingerprint density at radius 2 is 2.25 bits per heavy atom. The molecule has 2 heterocycles. The van der Waals surface area contributed by atoms with Crippen molar-refractivity contribution < 1.29 is 0 Å². The maximum atomic E-state index is 5.81. The van der Waals surface area contributed by atoms with Crippen molar-refractivity contribution >= 4 is 28.5 Å². The fraction of sp³-hybridized carbons (Fsp3) is 0.500. The molecule has 0 aliphatic heterocycles. The van der Waals surface area contributed by atoms with E-state index in [1.807, 2.05) is 0 Å². The van der Waals surface area contributed by atoms with Crippen LogP contribution >= 0.6 is 11.6 Å². The Morgan fingerprint density at radius 1 is 1.44 bits per heavy atom. The Labute approximate surface area is 98.6 Å². The summed E-state index contributed by atoms with van der Waals surface area (Å²) in [7, 11) is 0. The first-order chi connectivity index (χ1) is 7.66. The zero-order chi connectivity index (χ0) is 11.5. The quantitative estimate of drug-likeness (QED) is 0.805. The number of nitrogens with one attached hydrogen (secondary N) is 2. The number of H-pyrrole nitrogens is 1. The Morgan fingerprint density at radius 3 is 3.00 bits per heavy atom. The molecule has 86 valence electrons. The Kier molecular flexibility index (Phi) is 3.24. The van der Waals surface area contributed by atoms with E-state index in [1.165, 1.54) is 0 Å². The molecule has 0 unspecified atom stereocenters. The van der Waals surface area contributed by atoms with Crippen molar-refractivity contribution in [2.45, 2.75) is 20.3 Å². The second-order valence-corrected chi connectivity index (χ2v) is 4.42. The van der Waals surface area contributed by atoms with Gasteiger partial charge in [-0.05, 0) is 23.9 Å². The lowest BCUT2D eigenvalue weighted by molar-refractivity contribution is 0.607. The first-order valence-electron chi connectivity index (χ1n) is 5.27.